The highest BCUT2D eigenvalue weighted by molar-refractivity contribution is 9.09. The van der Waals surface area contributed by atoms with Gasteiger partial charge in [-0.15, -0.1) is 0 Å². The Morgan fingerprint density at radius 1 is 0.208 bits per heavy atom. The van der Waals surface area contributed by atoms with Crippen LogP contribution in [0.4, 0.5) is 0 Å². The molecule has 0 radical (unpaired) electrons. The molecule has 0 saturated carbocycles. The van der Waals surface area contributed by atoms with Crippen molar-refractivity contribution >= 4 is 95.6 Å². The fraction of sp³-hybridized carbons (Fsp3) is 0.333. The predicted molar refractivity (Wildman–Crippen MR) is 288 cm³/mol. The molecule has 0 N–H and O–H groups in total. The van der Waals surface area contributed by atoms with Gasteiger partial charge in [-0.3, -0.25) is 0 Å². The molecule has 1 aliphatic carbocycles. The van der Waals surface area contributed by atoms with Gasteiger partial charge in [-0.1, -0.05) is 95.6 Å². The summed E-state index contributed by atoms with van der Waals surface area (Å²) in [5.41, 5.74) is 17.6. The number of alkyl halides is 6. The van der Waals surface area contributed by atoms with Crippen molar-refractivity contribution in [2.24, 2.45) is 0 Å². The van der Waals surface area contributed by atoms with E-state index in [0.29, 0.717) is 70.5 Å². The van der Waals surface area contributed by atoms with Crippen LogP contribution < -0.4 is 56.8 Å². The topological polar surface area (TPSA) is 111 Å². The van der Waals surface area contributed by atoms with Gasteiger partial charge in [0.15, 0.2) is 0 Å². The van der Waals surface area contributed by atoms with Gasteiger partial charge in [0.1, 0.15) is 69.0 Å². The van der Waals surface area contributed by atoms with Crippen molar-refractivity contribution < 1.29 is 56.8 Å². The zero-order chi connectivity index (χ0) is 48.8. The lowest BCUT2D eigenvalue weighted by atomic mass is 9.87. The maximum atomic E-state index is 6.58. The van der Waals surface area contributed by atoms with Crippen molar-refractivity contribution in [1.82, 2.24) is 0 Å². The fourth-order valence-corrected chi connectivity index (χ4v) is 14.6. The summed E-state index contributed by atoms with van der Waals surface area (Å²) in [5, 5.41) is 2.90. The number of halogens is 6. The first-order valence-corrected chi connectivity index (χ1v) is 30.1. The molecule has 0 unspecified atom stereocenters. The molecule has 0 saturated heterocycles. The standard InChI is InChI=1S/C54H42Br6O12/c55-13-37-43-25-1-26-8-28-3-30-10-32-5-34-12-36-6-35-11-33-4-31-9-29-2-27(7-25)45(63-19-61-43)38(14-56)47(29)65-21-67-49(31)40(16-58)51(33)69-23-71-53(35)42(18-60)54(36)72-24-70-52(34)41(17-59)50(32)68-22-66-48(30)39(15-57)46(28)64-20-62-44(26)37/h1-6H,7-24H2. The molecule has 7 aliphatic rings. The second-order valence-electron chi connectivity index (χ2n) is 18.3. The third-order valence-corrected chi connectivity index (χ3v) is 17.8. The Morgan fingerprint density at radius 3 is 0.417 bits per heavy atom. The molecule has 6 aliphatic heterocycles. The first-order valence-electron chi connectivity index (χ1n) is 23.3. The third kappa shape index (κ3) is 7.83. The van der Waals surface area contributed by atoms with Crippen LogP contribution in [0.3, 0.4) is 0 Å². The lowest BCUT2D eigenvalue weighted by Crippen LogP contribution is -2.21. The summed E-state index contributed by atoms with van der Waals surface area (Å²) < 4.78 is 79.0. The molecular weight excluding hydrogens is 1320 g/mol. The molecule has 0 aromatic heterocycles. The highest BCUT2D eigenvalue weighted by Gasteiger charge is 2.35. The Kier molecular flexibility index (Phi) is 12.9. The molecule has 6 aromatic rings. The molecule has 0 spiro atoms. The van der Waals surface area contributed by atoms with Gasteiger partial charge in [-0.2, -0.15) is 0 Å². The van der Waals surface area contributed by atoms with Crippen molar-refractivity contribution in [2.75, 3.05) is 40.8 Å². The van der Waals surface area contributed by atoms with E-state index in [2.05, 4.69) is 132 Å². The minimum Gasteiger partial charge on any atom is -0.457 e. The van der Waals surface area contributed by atoms with E-state index < -0.39 is 0 Å². The number of ether oxygens (including phenoxy) is 12. The van der Waals surface area contributed by atoms with Gasteiger partial charge < -0.3 is 56.8 Å². The van der Waals surface area contributed by atoms with Crippen LogP contribution in [0.25, 0.3) is 0 Å². The van der Waals surface area contributed by atoms with E-state index in [1.165, 1.54) is 0 Å². The maximum absolute atomic E-state index is 6.58. The van der Waals surface area contributed by atoms with E-state index >= 15 is 0 Å². The number of hydrogen-bond donors (Lipinski definition) is 0. The Labute approximate surface area is 465 Å². The molecule has 12 bridgehead atoms. The van der Waals surface area contributed by atoms with Crippen LogP contribution in [0.15, 0.2) is 36.4 Å². The maximum Gasteiger partial charge on any atom is 0.230 e. The van der Waals surface area contributed by atoms with Crippen molar-refractivity contribution in [3.63, 3.8) is 0 Å². The van der Waals surface area contributed by atoms with Gasteiger partial charge in [0, 0.05) is 104 Å². The summed E-state index contributed by atoms with van der Waals surface area (Å²) in [6, 6.07) is 13.4. The molecule has 372 valence electrons. The van der Waals surface area contributed by atoms with Crippen LogP contribution in [0.5, 0.6) is 69.0 Å². The first-order chi connectivity index (χ1) is 35.4. The predicted octanol–water partition coefficient (Wildman–Crippen LogP) is 13.3. The zero-order valence-corrected chi connectivity index (χ0v) is 47.9. The quantitative estimate of drug-likeness (QED) is 0.148. The largest absolute Gasteiger partial charge is 0.457 e. The highest BCUT2D eigenvalue weighted by Crippen LogP contribution is 2.52. The number of benzene rings is 6. The summed E-state index contributed by atoms with van der Waals surface area (Å²) in [5.74, 6) is 8.68. The van der Waals surface area contributed by atoms with E-state index in [-0.39, 0.29) is 40.8 Å². The summed E-state index contributed by atoms with van der Waals surface area (Å²) >= 11 is 23.0. The van der Waals surface area contributed by atoms with Crippen LogP contribution in [0.2, 0.25) is 0 Å². The molecule has 6 heterocycles. The Bertz CT molecular complexity index is 2550. The van der Waals surface area contributed by atoms with Crippen LogP contribution >= 0.6 is 95.6 Å². The van der Waals surface area contributed by atoms with Crippen molar-refractivity contribution in [1.29, 1.82) is 0 Å². The Hall–Kier alpha value is -4.20. The third-order valence-electron chi connectivity index (χ3n) is 14.4. The summed E-state index contributed by atoms with van der Waals surface area (Å²) in [6.45, 7) is -0.129. The molecule has 13 rings (SSSR count). The van der Waals surface area contributed by atoms with Gasteiger partial charge in [-0.05, 0) is 103 Å². The van der Waals surface area contributed by atoms with Gasteiger partial charge in [0.05, 0.1) is 0 Å². The molecular formula is C54H42Br6O12. The van der Waals surface area contributed by atoms with Crippen LogP contribution in [-0.4, -0.2) is 40.8 Å². The molecule has 0 amide bonds. The normalized spacial score (nSPS) is 16.1. The van der Waals surface area contributed by atoms with E-state index in [9.17, 15) is 0 Å². The molecule has 0 atom stereocenters. The lowest BCUT2D eigenvalue weighted by Gasteiger charge is -2.31. The van der Waals surface area contributed by atoms with Crippen LogP contribution in [-0.2, 0) is 70.5 Å². The molecule has 18 heteroatoms. The van der Waals surface area contributed by atoms with Crippen molar-refractivity contribution in [3.8, 4) is 69.0 Å². The Morgan fingerprint density at radius 2 is 0.319 bits per heavy atom. The minimum atomic E-state index is -0.0215. The van der Waals surface area contributed by atoms with Gasteiger partial charge in [0.25, 0.3) is 0 Å². The average molecular weight is 1360 g/mol. The lowest BCUT2D eigenvalue weighted by molar-refractivity contribution is 0.0980. The summed E-state index contributed by atoms with van der Waals surface area (Å²) in [7, 11) is 0. The summed E-state index contributed by atoms with van der Waals surface area (Å²) in [4.78, 5) is 0. The van der Waals surface area contributed by atoms with Crippen LogP contribution in [0.1, 0.15) is 100 Å². The van der Waals surface area contributed by atoms with Gasteiger partial charge in [-0.25, -0.2) is 0 Å². The second kappa shape index (κ2) is 19.5. The van der Waals surface area contributed by atoms with Gasteiger partial charge in [0.2, 0.25) is 40.8 Å². The second-order valence-corrected chi connectivity index (χ2v) is 21.7. The van der Waals surface area contributed by atoms with E-state index in [1.54, 1.807) is 0 Å². The highest BCUT2D eigenvalue weighted by atomic mass is 79.9. The minimum absolute atomic E-state index is 0.0215. The number of hydrogen-bond acceptors (Lipinski definition) is 12. The van der Waals surface area contributed by atoms with Gasteiger partial charge >= 0.3 is 0 Å². The number of rotatable bonds is 6. The monoisotopic (exact) mass is 1360 g/mol. The van der Waals surface area contributed by atoms with E-state index in [0.717, 1.165) is 169 Å². The van der Waals surface area contributed by atoms with E-state index in [1.807, 2.05) is 0 Å². The zero-order valence-electron chi connectivity index (χ0n) is 38.4. The molecule has 72 heavy (non-hydrogen) atoms. The fourth-order valence-electron chi connectivity index (χ4n) is 11.6. The Balaban J connectivity index is 1.08. The molecule has 6 aromatic carbocycles. The average Bonchev–Trinajstić information content (AvgIpc) is 3.34. The van der Waals surface area contributed by atoms with Crippen molar-refractivity contribution in [3.05, 3.63) is 137 Å². The summed E-state index contributed by atoms with van der Waals surface area (Å²) in [6.07, 6.45) is 3.14. The molecule has 0 fully saturated rings. The van der Waals surface area contributed by atoms with E-state index in [4.69, 9.17) is 56.8 Å². The molecule has 12 nitrogen and oxygen atoms in total. The van der Waals surface area contributed by atoms with Crippen LogP contribution in [0, 0.1) is 0 Å². The SMILES string of the molecule is BrCc1c2c3cc4c1OCOc1c(cc5c(c1CBr)OCOc1c(cc6c(c1CBr)OCOc1c(cc7c(c1CBr)OCOc1c(cc8c(c1CBr)OCOc1c(cc(c(c1CBr)OCO2)C3)C8)C7)C6)C5)C4. The first kappa shape index (κ1) is 47.5. The smallest absolute Gasteiger partial charge is 0.230 e. The van der Waals surface area contributed by atoms with Crippen molar-refractivity contribution in [2.45, 2.75) is 70.5 Å².